The van der Waals surface area contributed by atoms with Gasteiger partial charge in [-0.25, -0.2) is 0 Å². The molecule has 8 rings (SSSR count). The minimum atomic E-state index is -0.182. The normalized spacial score (nSPS) is 18.9. The molecule has 8 nitrogen and oxygen atoms in total. The summed E-state index contributed by atoms with van der Waals surface area (Å²) < 4.78 is 25.4. The van der Waals surface area contributed by atoms with Gasteiger partial charge in [-0.1, -0.05) is 24.8 Å². The van der Waals surface area contributed by atoms with Crippen molar-refractivity contribution in [1.29, 1.82) is 0 Å². The SMILES string of the molecule is C=CC(=O)c1ccc2cc1Oc1ccc(cc1)C[C@H]1c3c(cc(CO)c(OC)c3Oc3cc4c(cc3OC)CCN(C)[C@@H]4C2)CCN1C. The van der Waals surface area contributed by atoms with Crippen molar-refractivity contribution in [2.75, 3.05) is 41.4 Å². The van der Waals surface area contributed by atoms with Gasteiger partial charge in [0, 0.05) is 36.3 Å². The van der Waals surface area contributed by atoms with Gasteiger partial charge in [-0.05, 0) is 116 Å². The highest BCUT2D eigenvalue weighted by Crippen LogP contribution is 2.49. The molecule has 1 N–H and O–H groups in total. The number of benzene rings is 4. The average Bonchev–Trinajstić information content (AvgIpc) is 3.10. The van der Waals surface area contributed by atoms with Gasteiger partial charge in [0.25, 0.3) is 0 Å². The molecular weight excluding hydrogens is 604 g/mol. The Morgan fingerprint density at radius 3 is 2.29 bits per heavy atom. The van der Waals surface area contributed by atoms with Gasteiger partial charge >= 0.3 is 0 Å². The maximum atomic E-state index is 12.9. The molecule has 4 aliphatic rings. The zero-order chi connectivity index (χ0) is 33.5. The minimum Gasteiger partial charge on any atom is -0.493 e. The maximum absolute atomic E-state index is 12.9. The minimum absolute atomic E-state index is 0.0213. The fraction of sp³-hybridized carbons (Fsp3) is 0.325. The third-order valence-electron chi connectivity index (χ3n) is 10.2. The van der Waals surface area contributed by atoms with Gasteiger partial charge in [-0.15, -0.1) is 0 Å². The molecule has 2 atom stereocenters. The van der Waals surface area contributed by atoms with Crippen LogP contribution in [0.5, 0.6) is 34.5 Å². The second-order valence-corrected chi connectivity index (χ2v) is 13.0. The number of aliphatic hydroxyl groups excluding tert-OH is 1. The molecule has 0 amide bonds. The maximum Gasteiger partial charge on any atom is 0.188 e. The van der Waals surface area contributed by atoms with E-state index in [4.69, 9.17) is 18.9 Å². The molecule has 0 aliphatic carbocycles. The Hall–Kier alpha value is -4.63. The van der Waals surface area contributed by atoms with E-state index in [0.29, 0.717) is 58.5 Å². The number of hydrogen-bond donors (Lipinski definition) is 1. The number of carbonyl (C=O) groups is 1. The number of carbonyl (C=O) groups excluding carboxylic acids is 1. The highest BCUT2D eigenvalue weighted by atomic mass is 16.5. The fourth-order valence-corrected chi connectivity index (χ4v) is 7.52. The van der Waals surface area contributed by atoms with Crippen molar-refractivity contribution in [2.24, 2.45) is 0 Å². The van der Waals surface area contributed by atoms with E-state index in [1.165, 1.54) is 11.6 Å². The van der Waals surface area contributed by atoms with Gasteiger partial charge in [-0.3, -0.25) is 14.6 Å². The Labute approximate surface area is 282 Å². The van der Waals surface area contributed by atoms with E-state index in [1.54, 1.807) is 14.2 Å². The van der Waals surface area contributed by atoms with Gasteiger partial charge in [-0.2, -0.15) is 0 Å². The van der Waals surface area contributed by atoms with Crippen molar-refractivity contribution in [3.63, 3.8) is 0 Å². The number of allylic oxidation sites excluding steroid dienone is 1. The zero-order valence-electron chi connectivity index (χ0n) is 28.0. The molecule has 8 heteroatoms. The number of nitrogens with zero attached hydrogens (tertiary/aromatic N) is 2. The zero-order valence-corrected chi connectivity index (χ0v) is 28.0. The average molecular weight is 647 g/mol. The summed E-state index contributed by atoms with van der Waals surface area (Å²) in [7, 11) is 7.58. The standard InChI is InChI=1S/C40H42N2O6/c1-6-34(44)30-12-9-25-18-32-31-22-37(36(45-4)21-26(31)13-15-41(32)2)48-40-38-27(20-28(23-43)39(40)46-5)14-16-42(3)33(38)17-24-7-10-29(11-8-24)47-35(30)19-25/h6-12,19-22,32-33,43H,1,13-18,23H2,2-5H3/t32-,33+/m1/s1. The van der Waals surface area contributed by atoms with Crippen LogP contribution >= 0.6 is 0 Å². The van der Waals surface area contributed by atoms with Gasteiger partial charge in [0.15, 0.2) is 28.8 Å². The van der Waals surface area contributed by atoms with Crippen LogP contribution < -0.4 is 18.9 Å². The number of rotatable bonds is 5. The fourth-order valence-electron chi connectivity index (χ4n) is 7.52. The summed E-state index contributed by atoms with van der Waals surface area (Å²) in [6.45, 7) is 5.30. The largest absolute Gasteiger partial charge is 0.493 e. The molecule has 0 radical (unpaired) electrons. The molecule has 4 aromatic carbocycles. The molecule has 248 valence electrons. The van der Waals surface area contributed by atoms with Crippen molar-refractivity contribution in [3.8, 4) is 34.5 Å². The van der Waals surface area contributed by atoms with E-state index in [1.807, 2.05) is 30.3 Å². The summed E-state index contributed by atoms with van der Waals surface area (Å²) in [5, 5.41) is 10.4. The first-order valence-electron chi connectivity index (χ1n) is 16.5. The van der Waals surface area contributed by atoms with Crippen LogP contribution in [0.1, 0.15) is 61.4 Å². The molecule has 0 unspecified atom stereocenters. The predicted octanol–water partition coefficient (Wildman–Crippen LogP) is 7.01. The number of aliphatic hydroxyl groups is 1. The lowest BCUT2D eigenvalue weighted by molar-refractivity contribution is 0.104. The van der Waals surface area contributed by atoms with Gasteiger partial charge < -0.3 is 24.1 Å². The Kier molecular flexibility index (Phi) is 8.73. The smallest absolute Gasteiger partial charge is 0.188 e. The summed E-state index contributed by atoms with van der Waals surface area (Å²) in [6, 6.07) is 20.2. The van der Waals surface area contributed by atoms with Gasteiger partial charge in [0.1, 0.15) is 11.5 Å². The number of fused-ring (bicyclic) bond motifs is 2. The molecule has 4 aliphatic heterocycles. The third-order valence-corrected chi connectivity index (χ3v) is 10.2. The summed E-state index contributed by atoms with van der Waals surface area (Å²) >= 11 is 0. The van der Waals surface area contributed by atoms with E-state index in [2.05, 4.69) is 60.8 Å². The van der Waals surface area contributed by atoms with Crippen LogP contribution in [0.3, 0.4) is 0 Å². The van der Waals surface area contributed by atoms with E-state index < -0.39 is 0 Å². The lowest BCUT2D eigenvalue weighted by atomic mass is 9.86. The van der Waals surface area contributed by atoms with Crippen molar-refractivity contribution < 1.29 is 28.8 Å². The third kappa shape index (κ3) is 5.74. The van der Waals surface area contributed by atoms with Crippen LogP contribution in [0, 0.1) is 0 Å². The Bertz CT molecular complexity index is 1880. The molecule has 0 spiro atoms. The molecule has 48 heavy (non-hydrogen) atoms. The first-order chi connectivity index (χ1) is 23.3. The summed E-state index contributed by atoms with van der Waals surface area (Å²) in [5.41, 5.74) is 7.90. The topological polar surface area (TPSA) is 80.7 Å². The summed E-state index contributed by atoms with van der Waals surface area (Å²) in [4.78, 5) is 17.6. The van der Waals surface area contributed by atoms with Gasteiger partial charge in [0.2, 0.25) is 0 Å². The molecule has 6 bridgehead atoms. The summed E-state index contributed by atoms with van der Waals surface area (Å²) in [6.07, 6.45) is 4.43. The summed E-state index contributed by atoms with van der Waals surface area (Å²) in [5.74, 6) is 3.38. The molecule has 0 saturated carbocycles. The van der Waals surface area contributed by atoms with Crippen LogP contribution in [0.15, 0.2) is 73.3 Å². The first-order valence-corrected chi connectivity index (χ1v) is 16.5. The predicted molar refractivity (Wildman–Crippen MR) is 185 cm³/mol. The second kappa shape index (κ2) is 13.1. The highest BCUT2D eigenvalue weighted by molar-refractivity contribution is 6.06. The Balaban J connectivity index is 1.46. The molecule has 4 aromatic rings. The number of hydrogen-bond acceptors (Lipinski definition) is 8. The van der Waals surface area contributed by atoms with Crippen molar-refractivity contribution in [1.82, 2.24) is 9.80 Å². The Morgan fingerprint density at radius 2 is 1.58 bits per heavy atom. The molecule has 0 saturated heterocycles. The number of ketones is 1. The lowest BCUT2D eigenvalue weighted by Crippen LogP contribution is -2.34. The van der Waals surface area contributed by atoms with Crippen molar-refractivity contribution in [2.45, 2.75) is 44.4 Å². The number of methoxy groups -OCH3 is 2. The Morgan fingerprint density at radius 1 is 0.875 bits per heavy atom. The van der Waals surface area contributed by atoms with Crippen molar-refractivity contribution >= 4 is 5.78 Å². The van der Waals surface area contributed by atoms with E-state index in [-0.39, 0.29) is 24.5 Å². The van der Waals surface area contributed by atoms with Crippen LogP contribution in [0.25, 0.3) is 0 Å². The van der Waals surface area contributed by atoms with Crippen LogP contribution in [-0.4, -0.2) is 62.1 Å². The quantitative estimate of drug-likeness (QED) is 0.183. The monoisotopic (exact) mass is 646 g/mol. The van der Waals surface area contributed by atoms with Crippen LogP contribution in [0.2, 0.25) is 0 Å². The highest BCUT2D eigenvalue weighted by Gasteiger charge is 2.34. The van der Waals surface area contributed by atoms with Gasteiger partial charge in [0.05, 0.1) is 26.4 Å². The molecular formula is C40H42N2O6. The molecule has 4 heterocycles. The second-order valence-electron chi connectivity index (χ2n) is 13.0. The van der Waals surface area contributed by atoms with E-state index >= 15 is 0 Å². The van der Waals surface area contributed by atoms with E-state index in [0.717, 1.165) is 53.7 Å². The molecule has 0 fully saturated rings. The molecule has 0 aromatic heterocycles. The number of likely N-dealkylation sites (N-methyl/N-ethyl adjacent to an activating group) is 2. The van der Waals surface area contributed by atoms with E-state index in [9.17, 15) is 9.90 Å². The lowest BCUT2D eigenvalue weighted by Gasteiger charge is -2.37. The number of ether oxygens (including phenoxy) is 4. The van der Waals surface area contributed by atoms with Crippen LogP contribution in [-0.2, 0) is 32.3 Å². The van der Waals surface area contributed by atoms with Crippen LogP contribution in [0.4, 0.5) is 0 Å². The first kappa shape index (κ1) is 31.9. The van der Waals surface area contributed by atoms with Crippen molar-refractivity contribution in [3.05, 3.63) is 118 Å².